The van der Waals surface area contributed by atoms with Gasteiger partial charge in [-0.05, 0) is 60.5 Å². The molecule has 4 aromatic rings. The highest BCUT2D eigenvalue weighted by molar-refractivity contribution is 6.31. The molecule has 0 bridgehead atoms. The molecule has 0 radical (unpaired) electrons. The van der Waals surface area contributed by atoms with E-state index in [4.69, 9.17) is 21.1 Å². The number of methoxy groups -OCH3 is 1. The summed E-state index contributed by atoms with van der Waals surface area (Å²) in [4.78, 5) is 15.8. The molecule has 1 heterocycles. The van der Waals surface area contributed by atoms with Crippen LogP contribution >= 0.6 is 11.6 Å². The fraction of sp³-hybridized carbons (Fsp3) is 0.125. The molecule has 2 N–H and O–H groups in total. The first-order chi connectivity index (χ1) is 14.6. The largest absolute Gasteiger partial charge is 0.497 e. The Balaban J connectivity index is 1.38. The zero-order valence-corrected chi connectivity index (χ0v) is 17.2. The minimum atomic E-state index is -0.149. The lowest BCUT2D eigenvalue weighted by molar-refractivity contribution is 0.0954. The van der Waals surface area contributed by atoms with Crippen LogP contribution in [-0.4, -0.2) is 24.5 Å². The minimum Gasteiger partial charge on any atom is -0.497 e. The number of nitrogens with one attached hydrogen (secondary N) is 2. The van der Waals surface area contributed by atoms with Crippen molar-refractivity contribution >= 4 is 28.4 Å². The smallest absolute Gasteiger partial charge is 0.251 e. The first kappa shape index (κ1) is 19.9. The molecule has 1 aromatic heterocycles. The Bertz CT molecular complexity index is 1190. The fourth-order valence-corrected chi connectivity index (χ4v) is 3.44. The average Bonchev–Trinajstić information content (AvgIpc) is 3.16. The van der Waals surface area contributed by atoms with Crippen LogP contribution in [0.3, 0.4) is 0 Å². The van der Waals surface area contributed by atoms with Gasteiger partial charge in [0.2, 0.25) is 0 Å². The monoisotopic (exact) mass is 420 g/mol. The number of benzene rings is 3. The summed E-state index contributed by atoms with van der Waals surface area (Å²) in [5.74, 6) is 1.79. The van der Waals surface area contributed by atoms with Crippen molar-refractivity contribution in [1.82, 2.24) is 10.3 Å². The summed E-state index contributed by atoms with van der Waals surface area (Å²) in [6.07, 6.45) is 2.65. The second-order valence-corrected chi connectivity index (χ2v) is 7.26. The lowest BCUT2D eigenvalue weighted by atomic mass is 10.1. The van der Waals surface area contributed by atoms with Crippen molar-refractivity contribution in [2.45, 2.75) is 6.42 Å². The number of fused-ring (bicyclic) bond motifs is 1. The number of H-pyrrole nitrogens is 1. The predicted octanol–water partition coefficient (Wildman–Crippen LogP) is 5.59. The average molecular weight is 421 g/mol. The Kier molecular flexibility index (Phi) is 5.91. The number of rotatable bonds is 7. The molecule has 30 heavy (non-hydrogen) atoms. The van der Waals surface area contributed by atoms with E-state index in [-0.39, 0.29) is 5.91 Å². The topological polar surface area (TPSA) is 63.4 Å². The van der Waals surface area contributed by atoms with E-state index in [9.17, 15) is 4.79 Å². The van der Waals surface area contributed by atoms with E-state index in [0.717, 1.165) is 16.5 Å². The molecule has 0 unspecified atom stereocenters. The van der Waals surface area contributed by atoms with Crippen LogP contribution in [0.5, 0.6) is 17.2 Å². The van der Waals surface area contributed by atoms with Gasteiger partial charge in [-0.2, -0.15) is 0 Å². The predicted molar refractivity (Wildman–Crippen MR) is 119 cm³/mol. The number of halogens is 1. The minimum absolute atomic E-state index is 0.149. The van der Waals surface area contributed by atoms with Crippen LogP contribution in [0, 0.1) is 0 Å². The molecular weight excluding hydrogens is 400 g/mol. The summed E-state index contributed by atoms with van der Waals surface area (Å²) in [6, 6.07) is 20.2. The normalized spacial score (nSPS) is 10.7. The lowest BCUT2D eigenvalue weighted by Crippen LogP contribution is -2.25. The molecule has 0 saturated heterocycles. The van der Waals surface area contributed by atoms with E-state index < -0.39 is 0 Å². The third-order valence-electron chi connectivity index (χ3n) is 4.78. The summed E-state index contributed by atoms with van der Waals surface area (Å²) in [5.41, 5.74) is 2.68. The number of aromatic nitrogens is 1. The molecule has 0 aliphatic heterocycles. The summed E-state index contributed by atoms with van der Waals surface area (Å²) in [6.45, 7) is 0.513. The van der Waals surface area contributed by atoms with E-state index in [1.54, 1.807) is 31.4 Å². The quantitative estimate of drug-likeness (QED) is 0.409. The van der Waals surface area contributed by atoms with Crippen LogP contribution in [-0.2, 0) is 6.42 Å². The summed E-state index contributed by atoms with van der Waals surface area (Å²) in [5, 5.41) is 4.73. The summed E-state index contributed by atoms with van der Waals surface area (Å²) < 4.78 is 11.1. The second-order valence-electron chi connectivity index (χ2n) is 6.82. The van der Waals surface area contributed by atoms with E-state index >= 15 is 0 Å². The van der Waals surface area contributed by atoms with Crippen molar-refractivity contribution in [3.8, 4) is 17.2 Å². The maximum Gasteiger partial charge on any atom is 0.251 e. The molecule has 0 atom stereocenters. The zero-order chi connectivity index (χ0) is 20.9. The molecule has 4 rings (SSSR count). The fourth-order valence-electron chi connectivity index (χ4n) is 3.27. The number of hydrogen-bond acceptors (Lipinski definition) is 3. The molecule has 152 valence electrons. The molecule has 0 aliphatic carbocycles. The summed E-state index contributed by atoms with van der Waals surface area (Å²) >= 11 is 6.10. The highest BCUT2D eigenvalue weighted by Gasteiger charge is 2.09. The molecule has 0 fully saturated rings. The first-order valence-electron chi connectivity index (χ1n) is 9.58. The molecular formula is C24H21ClN2O3. The van der Waals surface area contributed by atoms with Crippen LogP contribution in [0.2, 0.25) is 5.02 Å². The highest BCUT2D eigenvalue weighted by atomic mass is 35.5. The summed E-state index contributed by atoms with van der Waals surface area (Å²) in [7, 11) is 1.61. The van der Waals surface area contributed by atoms with Gasteiger partial charge in [0, 0.05) is 40.3 Å². The Labute approximate surface area is 179 Å². The van der Waals surface area contributed by atoms with Gasteiger partial charge in [-0.25, -0.2) is 0 Å². The number of hydrogen-bond donors (Lipinski definition) is 2. The Hall–Kier alpha value is -3.44. The molecule has 0 saturated carbocycles. The Morgan fingerprint density at radius 3 is 2.60 bits per heavy atom. The van der Waals surface area contributed by atoms with E-state index in [1.807, 2.05) is 48.7 Å². The molecule has 6 heteroatoms. The van der Waals surface area contributed by atoms with Gasteiger partial charge < -0.3 is 19.8 Å². The van der Waals surface area contributed by atoms with E-state index in [0.29, 0.717) is 40.8 Å². The number of amides is 1. The van der Waals surface area contributed by atoms with Gasteiger partial charge in [-0.15, -0.1) is 0 Å². The number of aromatic amines is 1. The Morgan fingerprint density at radius 2 is 1.77 bits per heavy atom. The van der Waals surface area contributed by atoms with Crippen LogP contribution in [0.4, 0.5) is 0 Å². The number of ether oxygens (including phenoxy) is 2. The number of carbonyl (C=O) groups excluding carboxylic acids is 1. The van der Waals surface area contributed by atoms with E-state index in [2.05, 4.69) is 10.3 Å². The third kappa shape index (κ3) is 4.58. The lowest BCUT2D eigenvalue weighted by Gasteiger charge is -2.09. The van der Waals surface area contributed by atoms with Crippen molar-refractivity contribution in [3.05, 3.63) is 89.1 Å². The highest BCUT2D eigenvalue weighted by Crippen LogP contribution is 2.26. The molecule has 3 aromatic carbocycles. The van der Waals surface area contributed by atoms with Gasteiger partial charge in [0.15, 0.2) is 0 Å². The van der Waals surface area contributed by atoms with Gasteiger partial charge in [0.05, 0.1) is 7.11 Å². The maximum absolute atomic E-state index is 12.6. The van der Waals surface area contributed by atoms with Crippen molar-refractivity contribution < 1.29 is 14.3 Å². The standard InChI is InChI=1S/C24H21ClN2O3/c1-29-19-5-3-7-21(14-19)30-20-6-2-4-16(12-20)24(28)26-11-10-17-15-27-23-9-8-18(25)13-22(17)23/h2-9,12-15,27H,10-11H2,1H3,(H,26,28). The van der Waals surface area contributed by atoms with Gasteiger partial charge in [-0.1, -0.05) is 23.7 Å². The van der Waals surface area contributed by atoms with Gasteiger partial charge in [-0.3, -0.25) is 4.79 Å². The van der Waals surface area contributed by atoms with Crippen molar-refractivity contribution in [2.75, 3.05) is 13.7 Å². The third-order valence-corrected chi connectivity index (χ3v) is 5.02. The van der Waals surface area contributed by atoms with Crippen molar-refractivity contribution in [2.24, 2.45) is 0 Å². The van der Waals surface area contributed by atoms with Crippen LogP contribution in [0.15, 0.2) is 72.9 Å². The number of carbonyl (C=O) groups is 1. The SMILES string of the molecule is COc1cccc(Oc2cccc(C(=O)NCCc3c[nH]c4ccc(Cl)cc34)c2)c1. The van der Waals surface area contributed by atoms with Gasteiger partial charge in [0.25, 0.3) is 5.91 Å². The van der Waals surface area contributed by atoms with Gasteiger partial charge in [0.1, 0.15) is 17.2 Å². The van der Waals surface area contributed by atoms with Crippen LogP contribution < -0.4 is 14.8 Å². The molecule has 0 aliphatic rings. The molecule has 1 amide bonds. The first-order valence-corrected chi connectivity index (χ1v) is 9.96. The van der Waals surface area contributed by atoms with Gasteiger partial charge >= 0.3 is 0 Å². The second kappa shape index (κ2) is 8.93. The van der Waals surface area contributed by atoms with Crippen molar-refractivity contribution in [3.63, 3.8) is 0 Å². The molecule has 0 spiro atoms. The molecule has 5 nitrogen and oxygen atoms in total. The zero-order valence-electron chi connectivity index (χ0n) is 16.4. The van der Waals surface area contributed by atoms with Crippen molar-refractivity contribution in [1.29, 1.82) is 0 Å². The van der Waals surface area contributed by atoms with E-state index in [1.165, 1.54) is 0 Å². The Morgan fingerprint density at radius 1 is 1.00 bits per heavy atom. The van der Waals surface area contributed by atoms with Crippen LogP contribution in [0.1, 0.15) is 15.9 Å². The van der Waals surface area contributed by atoms with Crippen LogP contribution in [0.25, 0.3) is 10.9 Å². The maximum atomic E-state index is 12.6.